The highest BCUT2D eigenvalue weighted by atomic mass is 15.3. The first-order valence-electron chi connectivity index (χ1n) is 8.46. The molecule has 1 N–H and O–H groups in total. The zero-order chi connectivity index (χ0) is 17.2. The molecule has 7 nitrogen and oxygen atoms in total. The van der Waals surface area contributed by atoms with E-state index in [1.165, 1.54) is 0 Å². The first-order valence-corrected chi connectivity index (χ1v) is 8.46. The number of nitriles is 1. The third kappa shape index (κ3) is 2.76. The molecule has 4 rings (SSSR count). The molecule has 0 aliphatic carbocycles. The summed E-state index contributed by atoms with van der Waals surface area (Å²) in [5.41, 5.74) is 1.46. The Morgan fingerprint density at radius 2 is 2.24 bits per heavy atom. The summed E-state index contributed by atoms with van der Waals surface area (Å²) in [6.45, 7) is 4.86. The Hall–Kier alpha value is -3.14. The molecule has 1 aliphatic heterocycles. The summed E-state index contributed by atoms with van der Waals surface area (Å²) in [6.07, 6.45) is 6.20. The molecule has 0 saturated carbocycles. The second kappa shape index (κ2) is 6.40. The molecule has 126 valence electrons. The smallest absolute Gasteiger partial charge is 0.142 e. The fourth-order valence-corrected chi connectivity index (χ4v) is 3.53. The molecular weight excluding hydrogens is 314 g/mol. The summed E-state index contributed by atoms with van der Waals surface area (Å²) >= 11 is 0. The van der Waals surface area contributed by atoms with Crippen molar-refractivity contribution in [2.45, 2.75) is 19.4 Å². The Kier molecular flexibility index (Phi) is 3.94. The van der Waals surface area contributed by atoms with Gasteiger partial charge in [0.15, 0.2) is 0 Å². The van der Waals surface area contributed by atoms with Crippen molar-refractivity contribution in [3.8, 4) is 6.07 Å². The van der Waals surface area contributed by atoms with Gasteiger partial charge in [-0.2, -0.15) is 5.26 Å². The van der Waals surface area contributed by atoms with Crippen LogP contribution in [0.4, 0.5) is 11.6 Å². The van der Waals surface area contributed by atoms with Crippen molar-refractivity contribution in [3.05, 3.63) is 42.5 Å². The molecule has 1 aliphatic rings. The third-order valence-corrected chi connectivity index (χ3v) is 4.75. The number of aromatic nitrogens is 4. The number of H-pyrrole nitrogens is 1. The van der Waals surface area contributed by atoms with Crippen LogP contribution in [0.5, 0.6) is 0 Å². The monoisotopic (exact) mass is 333 g/mol. The first-order chi connectivity index (χ1) is 12.3. The van der Waals surface area contributed by atoms with Crippen LogP contribution in [0.1, 0.15) is 18.9 Å². The number of anilines is 2. The summed E-state index contributed by atoms with van der Waals surface area (Å²) in [7, 11) is 0. The molecule has 1 unspecified atom stereocenters. The van der Waals surface area contributed by atoms with E-state index in [4.69, 9.17) is 5.26 Å². The van der Waals surface area contributed by atoms with Crippen LogP contribution >= 0.6 is 0 Å². The van der Waals surface area contributed by atoms with E-state index < -0.39 is 0 Å². The van der Waals surface area contributed by atoms with E-state index in [-0.39, 0.29) is 0 Å². The average molecular weight is 333 g/mol. The predicted molar refractivity (Wildman–Crippen MR) is 96.5 cm³/mol. The van der Waals surface area contributed by atoms with Gasteiger partial charge in [0, 0.05) is 38.1 Å². The lowest BCUT2D eigenvalue weighted by Gasteiger charge is -2.29. The van der Waals surface area contributed by atoms with Crippen LogP contribution in [0.3, 0.4) is 0 Å². The highest BCUT2D eigenvalue weighted by Crippen LogP contribution is 2.28. The van der Waals surface area contributed by atoms with Crippen molar-refractivity contribution in [2.75, 3.05) is 29.4 Å². The van der Waals surface area contributed by atoms with E-state index in [0.29, 0.717) is 11.6 Å². The van der Waals surface area contributed by atoms with Gasteiger partial charge >= 0.3 is 0 Å². The van der Waals surface area contributed by atoms with E-state index >= 15 is 0 Å². The SMILES string of the molecule is CCN(c1ccc(C#N)cn1)C1CCN(c2ncnc3[nH]ccc23)C1. The second-order valence-corrected chi connectivity index (χ2v) is 6.13. The van der Waals surface area contributed by atoms with Crippen LogP contribution in [0.25, 0.3) is 11.0 Å². The zero-order valence-electron chi connectivity index (χ0n) is 14.1. The molecule has 1 saturated heterocycles. The van der Waals surface area contributed by atoms with Crippen molar-refractivity contribution in [1.82, 2.24) is 19.9 Å². The van der Waals surface area contributed by atoms with E-state index in [1.807, 2.05) is 24.4 Å². The molecule has 4 heterocycles. The number of hydrogen-bond acceptors (Lipinski definition) is 6. The number of aromatic amines is 1. The van der Waals surface area contributed by atoms with Crippen molar-refractivity contribution in [3.63, 3.8) is 0 Å². The van der Waals surface area contributed by atoms with Crippen LogP contribution in [0.2, 0.25) is 0 Å². The van der Waals surface area contributed by atoms with Gasteiger partial charge in [0.2, 0.25) is 0 Å². The Morgan fingerprint density at radius 1 is 1.32 bits per heavy atom. The van der Waals surface area contributed by atoms with Crippen LogP contribution in [-0.2, 0) is 0 Å². The molecule has 1 fully saturated rings. The maximum Gasteiger partial charge on any atom is 0.142 e. The van der Waals surface area contributed by atoms with Gasteiger partial charge in [-0.25, -0.2) is 15.0 Å². The average Bonchev–Trinajstić information content (AvgIpc) is 3.32. The van der Waals surface area contributed by atoms with Gasteiger partial charge < -0.3 is 14.8 Å². The molecule has 0 radical (unpaired) electrons. The van der Waals surface area contributed by atoms with E-state index in [1.54, 1.807) is 12.5 Å². The molecule has 0 aromatic carbocycles. The zero-order valence-corrected chi connectivity index (χ0v) is 14.1. The number of nitrogens with one attached hydrogen (secondary N) is 1. The third-order valence-electron chi connectivity index (χ3n) is 4.75. The molecule has 0 amide bonds. The minimum atomic E-state index is 0.370. The van der Waals surface area contributed by atoms with Gasteiger partial charge in [-0.3, -0.25) is 0 Å². The van der Waals surface area contributed by atoms with Crippen molar-refractivity contribution >= 4 is 22.7 Å². The summed E-state index contributed by atoms with van der Waals surface area (Å²) in [5, 5.41) is 10.00. The van der Waals surface area contributed by atoms with E-state index in [2.05, 4.69) is 42.7 Å². The van der Waals surface area contributed by atoms with E-state index in [9.17, 15) is 0 Å². The normalized spacial score (nSPS) is 17.0. The highest BCUT2D eigenvalue weighted by molar-refractivity contribution is 5.87. The lowest BCUT2D eigenvalue weighted by atomic mass is 10.2. The molecule has 7 heteroatoms. The maximum atomic E-state index is 8.94. The Labute approximate surface area is 145 Å². The fraction of sp³-hybridized carbons (Fsp3) is 0.333. The number of nitrogens with zero attached hydrogens (tertiary/aromatic N) is 6. The standard InChI is InChI=1S/C18H19N7/c1-2-25(16-4-3-13(9-19)10-21-16)14-6-8-24(11-14)18-15-5-7-20-17(15)22-12-23-18/h3-5,7,10,12,14H,2,6,8,11H2,1H3,(H,20,22,23). The van der Waals surface area contributed by atoms with Gasteiger partial charge in [0.25, 0.3) is 0 Å². The lowest BCUT2D eigenvalue weighted by molar-refractivity contribution is 0.645. The second-order valence-electron chi connectivity index (χ2n) is 6.13. The fourth-order valence-electron chi connectivity index (χ4n) is 3.53. The van der Waals surface area contributed by atoms with E-state index in [0.717, 1.165) is 48.7 Å². The predicted octanol–water partition coefficient (Wildman–Crippen LogP) is 2.33. The quantitative estimate of drug-likeness (QED) is 0.789. The van der Waals surface area contributed by atoms with Crippen molar-refractivity contribution in [2.24, 2.45) is 0 Å². The highest BCUT2D eigenvalue weighted by Gasteiger charge is 2.29. The molecular formula is C18H19N7. The molecule has 25 heavy (non-hydrogen) atoms. The van der Waals surface area contributed by atoms with Crippen LogP contribution < -0.4 is 9.80 Å². The molecule has 0 spiro atoms. The number of pyridine rings is 1. The number of rotatable bonds is 4. The molecule has 0 bridgehead atoms. The Bertz CT molecular complexity index is 909. The number of fused-ring (bicyclic) bond motifs is 1. The van der Waals surface area contributed by atoms with Crippen molar-refractivity contribution < 1.29 is 0 Å². The Balaban J connectivity index is 1.56. The van der Waals surface area contributed by atoms with Crippen LogP contribution in [0.15, 0.2) is 36.9 Å². The summed E-state index contributed by atoms with van der Waals surface area (Å²) in [5.74, 6) is 1.90. The summed E-state index contributed by atoms with van der Waals surface area (Å²) in [6, 6.07) is 8.27. The minimum Gasteiger partial charge on any atom is -0.354 e. The summed E-state index contributed by atoms with van der Waals surface area (Å²) < 4.78 is 0. The largest absolute Gasteiger partial charge is 0.354 e. The summed E-state index contributed by atoms with van der Waals surface area (Å²) in [4.78, 5) is 21.0. The van der Waals surface area contributed by atoms with Gasteiger partial charge in [0.05, 0.1) is 10.9 Å². The maximum absolute atomic E-state index is 8.94. The minimum absolute atomic E-state index is 0.370. The molecule has 1 atom stereocenters. The molecule has 3 aromatic heterocycles. The Morgan fingerprint density at radius 3 is 3.00 bits per heavy atom. The topological polar surface area (TPSA) is 84.7 Å². The van der Waals surface area contributed by atoms with Crippen LogP contribution in [0, 0.1) is 11.3 Å². The van der Waals surface area contributed by atoms with Gasteiger partial charge in [0.1, 0.15) is 29.7 Å². The number of hydrogen-bond donors (Lipinski definition) is 1. The molecule has 3 aromatic rings. The first kappa shape index (κ1) is 15.4. The van der Waals surface area contributed by atoms with Gasteiger partial charge in [-0.05, 0) is 31.5 Å². The van der Waals surface area contributed by atoms with Gasteiger partial charge in [-0.1, -0.05) is 0 Å². The van der Waals surface area contributed by atoms with Crippen molar-refractivity contribution in [1.29, 1.82) is 5.26 Å². The van der Waals surface area contributed by atoms with Gasteiger partial charge in [-0.15, -0.1) is 0 Å². The lowest BCUT2D eigenvalue weighted by Crippen LogP contribution is -2.38. The van der Waals surface area contributed by atoms with Crippen LogP contribution in [-0.4, -0.2) is 45.6 Å². The number of likely N-dealkylation sites (N-methyl/N-ethyl adjacent to an activating group) is 1.